The molecule has 1 aliphatic heterocycles. The van der Waals surface area contributed by atoms with Gasteiger partial charge in [0.2, 0.25) is 0 Å². The second kappa shape index (κ2) is 7.21. The van der Waals surface area contributed by atoms with Gasteiger partial charge in [-0.3, -0.25) is 9.59 Å². The molecule has 2 aromatic rings. The normalized spacial score (nSPS) is 13.0. The van der Waals surface area contributed by atoms with Crippen LogP contribution in [0, 0.1) is 5.82 Å². The van der Waals surface area contributed by atoms with Gasteiger partial charge in [0.25, 0.3) is 5.91 Å². The Kier molecular flexibility index (Phi) is 5.51. The third kappa shape index (κ3) is 3.60. The van der Waals surface area contributed by atoms with Gasteiger partial charge in [0.1, 0.15) is 5.82 Å². The Morgan fingerprint density at radius 2 is 2.13 bits per heavy atom. The maximum atomic E-state index is 14.5. The van der Waals surface area contributed by atoms with Crippen molar-refractivity contribution >= 4 is 41.1 Å². The van der Waals surface area contributed by atoms with Crippen molar-refractivity contribution in [1.29, 1.82) is 0 Å². The lowest BCUT2D eigenvalue weighted by atomic mass is 9.99. The number of fused-ring (bicyclic) bond motifs is 1. The van der Waals surface area contributed by atoms with Crippen molar-refractivity contribution in [2.75, 3.05) is 11.9 Å². The predicted octanol–water partition coefficient (Wildman–Crippen LogP) is 3.41. The van der Waals surface area contributed by atoms with Crippen LogP contribution in [0.2, 0.25) is 0 Å². The van der Waals surface area contributed by atoms with Crippen molar-refractivity contribution in [2.45, 2.75) is 19.9 Å². The Morgan fingerprint density at radius 3 is 2.83 bits per heavy atom. The van der Waals surface area contributed by atoms with Crippen LogP contribution < -0.4 is 10.6 Å². The molecule has 3 rings (SSSR count). The third-order valence-electron chi connectivity index (χ3n) is 3.69. The maximum absolute atomic E-state index is 14.5. The third-order valence-corrected chi connectivity index (χ3v) is 4.61. The average molecular weight is 355 g/mol. The van der Waals surface area contributed by atoms with Crippen LogP contribution in [-0.2, 0) is 13.0 Å². The van der Waals surface area contributed by atoms with E-state index in [0.717, 1.165) is 12.1 Å². The summed E-state index contributed by atoms with van der Waals surface area (Å²) in [5.41, 5.74) is 2.26. The first-order chi connectivity index (χ1) is 10.6. The molecule has 0 radical (unpaired) electrons. The Balaban J connectivity index is 0.00000192. The monoisotopic (exact) mass is 354 g/mol. The fourth-order valence-corrected chi connectivity index (χ4v) is 3.29. The van der Waals surface area contributed by atoms with Gasteiger partial charge in [0, 0.05) is 17.5 Å². The Labute approximate surface area is 143 Å². The van der Waals surface area contributed by atoms with E-state index in [9.17, 15) is 14.0 Å². The summed E-state index contributed by atoms with van der Waals surface area (Å²) in [6, 6.07) is 4.94. The van der Waals surface area contributed by atoms with Gasteiger partial charge in [-0.05, 0) is 43.1 Å². The topological polar surface area (TPSA) is 58.2 Å². The second-order valence-electron chi connectivity index (χ2n) is 5.20. The van der Waals surface area contributed by atoms with E-state index < -0.39 is 5.91 Å². The SMILES string of the molecule is CC(=O)c1csc(C(=O)Nc2ccc3c(c2F)CCNC3)c1.Cl. The Hall–Kier alpha value is -1.76. The number of anilines is 1. The summed E-state index contributed by atoms with van der Waals surface area (Å²) >= 11 is 1.17. The molecule has 0 aliphatic carbocycles. The van der Waals surface area contributed by atoms with Crippen molar-refractivity contribution < 1.29 is 14.0 Å². The molecular formula is C16H16ClFN2O2S. The van der Waals surface area contributed by atoms with Gasteiger partial charge in [-0.2, -0.15) is 0 Å². The van der Waals surface area contributed by atoms with Crippen LogP contribution in [-0.4, -0.2) is 18.2 Å². The lowest BCUT2D eigenvalue weighted by Gasteiger charge is -2.19. The van der Waals surface area contributed by atoms with Crippen LogP contribution in [0.25, 0.3) is 0 Å². The van der Waals surface area contributed by atoms with E-state index in [1.807, 2.05) is 6.07 Å². The van der Waals surface area contributed by atoms with Crippen LogP contribution >= 0.6 is 23.7 Å². The van der Waals surface area contributed by atoms with E-state index in [0.29, 0.717) is 29.0 Å². The number of carbonyl (C=O) groups is 2. The first-order valence-corrected chi connectivity index (χ1v) is 7.86. The number of ketones is 1. The molecule has 0 unspecified atom stereocenters. The zero-order chi connectivity index (χ0) is 15.7. The molecule has 0 spiro atoms. The van der Waals surface area contributed by atoms with Gasteiger partial charge in [-0.1, -0.05) is 6.07 Å². The molecule has 0 saturated heterocycles. The number of amides is 1. The highest BCUT2D eigenvalue weighted by molar-refractivity contribution is 7.12. The summed E-state index contributed by atoms with van der Waals surface area (Å²) < 4.78 is 14.5. The van der Waals surface area contributed by atoms with Gasteiger partial charge in [0.05, 0.1) is 10.6 Å². The zero-order valence-electron chi connectivity index (χ0n) is 12.4. The molecule has 1 aromatic heterocycles. The van der Waals surface area contributed by atoms with Gasteiger partial charge in [-0.15, -0.1) is 23.7 Å². The number of rotatable bonds is 3. The largest absolute Gasteiger partial charge is 0.319 e. The standard InChI is InChI=1S/C16H15FN2O2S.ClH/c1-9(20)11-6-14(22-8-11)16(21)19-13-3-2-10-7-18-5-4-12(10)15(13)17;/h2-3,6,8,18H,4-5,7H2,1H3,(H,19,21);1H. The number of benzene rings is 1. The minimum absolute atomic E-state index is 0. The average Bonchev–Trinajstić information content (AvgIpc) is 3.00. The Morgan fingerprint density at radius 1 is 1.35 bits per heavy atom. The van der Waals surface area contributed by atoms with Crippen molar-refractivity contribution in [2.24, 2.45) is 0 Å². The Bertz CT molecular complexity index is 761. The predicted molar refractivity (Wildman–Crippen MR) is 91.3 cm³/mol. The highest BCUT2D eigenvalue weighted by Gasteiger charge is 2.18. The fourth-order valence-electron chi connectivity index (χ4n) is 2.45. The molecular weight excluding hydrogens is 339 g/mol. The molecule has 2 heterocycles. The minimum atomic E-state index is -0.398. The fraction of sp³-hybridized carbons (Fsp3) is 0.250. The summed E-state index contributed by atoms with van der Waals surface area (Å²) in [4.78, 5) is 23.8. The molecule has 1 aliphatic rings. The number of hydrogen-bond donors (Lipinski definition) is 2. The van der Waals surface area contributed by atoms with Gasteiger partial charge in [0.15, 0.2) is 5.78 Å². The highest BCUT2D eigenvalue weighted by Crippen LogP contribution is 2.25. The number of thiophene rings is 1. The molecule has 7 heteroatoms. The van der Waals surface area contributed by atoms with Gasteiger partial charge >= 0.3 is 0 Å². The number of nitrogens with one attached hydrogen (secondary N) is 2. The van der Waals surface area contributed by atoms with Crippen molar-refractivity contribution in [3.63, 3.8) is 0 Å². The molecule has 0 saturated carbocycles. The van der Waals surface area contributed by atoms with Crippen LogP contribution in [0.1, 0.15) is 38.1 Å². The lowest BCUT2D eigenvalue weighted by molar-refractivity contribution is 0.101. The summed E-state index contributed by atoms with van der Waals surface area (Å²) in [6.07, 6.45) is 0.609. The molecule has 4 nitrogen and oxygen atoms in total. The lowest BCUT2D eigenvalue weighted by Crippen LogP contribution is -2.25. The number of hydrogen-bond acceptors (Lipinski definition) is 4. The van der Waals surface area contributed by atoms with Gasteiger partial charge < -0.3 is 10.6 Å². The van der Waals surface area contributed by atoms with E-state index in [1.54, 1.807) is 11.4 Å². The first-order valence-electron chi connectivity index (χ1n) is 6.98. The minimum Gasteiger partial charge on any atom is -0.319 e. The smallest absolute Gasteiger partial charge is 0.265 e. The summed E-state index contributed by atoms with van der Waals surface area (Å²) in [7, 11) is 0. The number of carbonyl (C=O) groups excluding carboxylic acids is 2. The van der Waals surface area contributed by atoms with E-state index in [2.05, 4.69) is 10.6 Å². The van der Waals surface area contributed by atoms with Crippen LogP contribution in [0.3, 0.4) is 0 Å². The van der Waals surface area contributed by atoms with E-state index in [-0.39, 0.29) is 29.7 Å². The summed E-state index contributed by atoms with van der Waals surface area (Å²) in [5, 5.41) is 7.41. The zero-order valence-corrected chi connectivity index (χ0v) is 14.1. The summed E-state index contributed by atoms with van der Waals surface area (Å²) in [5.74, 6) is -0.858. The summed E-state index contributed by atoms with van der Waals surface area (Å²) in [6.45, 7) is 2.82. The quantitative estimate of drug-likeness (QED) is 0.830. The second-order valence-corrected chi connectivity index (χ2v) is 6.11. The van der Waals surface area contributed by atoms with Crippen LogP contribution in [0.4, 0.5) is 10.1 Å². The van der Waals surface area contributed by atoms with Crippen molar-refractivity contribution in [3.8, 4) is 0 Å². The van der Waals surface area contributed by atoms with E-state index in [1.165, 1.54) is 24.3 Å². The molecule has 0 fully saturated rings. The first kappa shape index (κ1) is 17.6. The number of halogens is 2. The number of Topliss-reactive ketones (excluding diaryl/α,β-unsaturated/α-hetero) is 1. The maximum Gasteiger partial charge on any atom is 0.265 e. The van der Waals surface area contributed by atoms with E-state index >= 15 is 0 Å². The molecule has 1 amide bonds. The van der Waals surface area contributed by atoms with Crippen LogP contribution in [0.5, 0.6) is 0 Å². The van der Waals surface area contributed by atoms with Crippen LogP contribution in [0.15, 0.2) is 23.6 Å². The molecule has 1 aromatic carbocycles. The molecule has 0 atom stereocenters. The van der Waals surface area contributed by atoms with E-state index in [4.69, 9.17) is 0 Å². The molecule has 23 heavy (non-hydrogen) atoms. The molecule has 122 valence electrons. The molecule has 0 bridgehead atoms. The highest BCUT2D eigenvalue weighted by atomic mass is 35.5. The van der Waals surface area contributed by atoms with Crippen molar-refractivity contribution in [1.82, 2.24) is 5.32 Å². The van der Waals surface area contributed by atoms with Crippen molar-refractivity contribution in [3.05, 3.63) is 51.0 Å². The van der Waals surface area contributed by atoms with Gasteiger partial charge in [-0.25, -0.2) is 4.39 Å². The molecule has 2 N–H and O–H groups in total.